The molecule has 5 nitrogen and oxygen atoms in total. The molecular weight excluding hydrogens is 459 g/mol. The van der Waals surface area contributed by atoms with Crippen LogP contribution in [0.3, 0.4) is 0 Å². The summed E-state index contributed by atoms with van der Waals surface area (Å²) in [7, 11) is 0. The van der Waals surface area contributed by atoms with Crippen molar-refractivity contribution in [3.63, 3.8) is 0 Å². The Hall–Kier alpha value is -2.97. The number of para-hydroxylation sites is 1. The summed E-state index contributed by atoms with van der Waals surface area (Å²) in [6.07, 6.45) is 1.49. The fourth-order valence-electron chi connectivity index (χ4n) is 3.12. The van der Waals surface area contributed by atoms with E-state index in [0.717, 1.165) is 0 Å². The summed E-state index contributed by atoms with van der Waals surface area (Å²) in [4.78, 5) is 12.1. The zero-order valence-corrected chi connectivity index (χ0v) is 19.4. The van der Waals surface area contributed by atoms with Crippen molar-refractivity contribution in [2.75, 3.05) is 18.1 Å². The van der Waals surface area contributed by atoms with Gasteiger partial charge in [-0.3, -0.25) is 4.79 Å². The Bertz CT molecular complexity index is 1100. The van der Waals surface area contributed by atoms with Gasteiger partial charge in [-0.05, 0) is 35.9 Å². The Labute approximate surface area is 200 Å². The van der Waals surface area contributed by atoms with E-state index in [2.05, 4.69) is 10.5 Å². The Kier molecular flexibility index (Phi) is 8.27. The van der Waals surface area contributed by atoms with E-state index in [1.165, 1.54) is 29.4 Å². The third-order valence-corrected chi connectivity index (χ3v) is 7.90. The second kappa shape index (κ2) is 11.8. The molecule has 1 heterocycles. The predicted molar refractivity (Wildman–Crippen MR) is 133 cm³/mol. The van der Waals surface area contributed by atoms with Gasteiger partial charge in [0.1, 0.15) is 23.9 Å². The monoisotopic (exact) mass is 482 g/mol. The molecule has 0 spiro atoms. The molecule has 1 amide bonds. The number of hydrogen-bond donors (Lipinski definition) is 1. The Morgan fingerprint density at radius 3 is 2.52 bits per heavy atom. The highest BCUT2D eigenvalue weighted by molar-refractivity contribution is 8.19. The normalized spacial score (nSPS) is 13.8. The van der Waals surface area contributed by atoms with Crippen LogP contribution in [0.2, 0.25) is 0 Å². The van der Waals surface area contributed by atoms with E-state index < -0.39 is 0 Å². The number of ether oxygens (including phenoxy) is 2. The van der Waals surface area contributed by atoms with Crippen molar-refractivity contribution < 1.29 is 18.7 Å². The van der Waals surface area contributed by atoms with Gasteiger partial charge >= 0.3 is 0 Å². The fraction of sp³-hybridized carbons (Fsp3) is 0.200. The van der Waals surface area contributed by atoms with Crippen LogP contribution in [0.4, 0.5) is 4.39 Å². The van der Waals surface area contributed by atoms with Gasteiger partial charge in [-0.15, -0.1) is 23.5 Å². The Morgan fingerprint density at radius 2 is 1.73 bits per heavy atom. The van der Waals surface area contributed by atoms with Crippen molar-refractivity contribution in [1.29, 1.82) is 0 Å². The SMILES string of the molecule is O=C(COc1ccc(C2SCCS2)cc1)N/N=C\c1ccccc1OCc1ccccc1F. The van der Waals surface area contributed by atoms with Gasteiger partial charge in [0.25, 0.3) is 5.91 Å². The van der Waals surface area contributed by atoms with Crippen LogP contribution in [0, 0.1) is 5.82 Å². The zero-order valence-electron chi connectivity index (χ0n) is 17.8. The van der Waals surface area contributed by atoms with Gasteiger partial charge in [0.15, 0.2) is 6.61 Å². The molecule has 0 atom stereocenters. The average Bonchev–Trinajstić information content (AvgIpc) is 3.38. The second-order valence-electron chi connectivity index (χ2n) is 7.14. The third kappa shape index (κ3) is 6.76. The molecule has 0 aromatic heterocycles. The standard InChI is InChI=1S/C25H23FN2O3S2/c26-22-7-3-1-6-20(22)16-31-23-8-4-2-5-19(23)15-27-28-24(29)17-30-21-11-9-18(10-12-21)25-32-13-14-33-25/h1-12,15,25H,13-14,16-17H2,(H,28,29)/b27-15-. The lowest BCUT2D eigenvalue weighted by molar-refractivity contribution is -0.123. The molecule has 0 bridgehead atoms. The van der Waals surface area contributed by atoms with E-state index in [4.69, 9.17) is 9.47 Å². The number of thioether (sulfide) groups is 2. The van der Waals surface area contributed by atoms with E-state index in [1.807, 2.05) is 59.9 Å². The molecular formula is C25H23FN2O3S2. The van der Waals surface area contributed by atoms with Gasteiger partial charge < -0.3 is 9.47 Å². The minimum absolute atomic E-state index is 0.0919. The van der Waals surface area contributed by atoms with E-state index >= 15 is 0 Å². The molecule has 3 aromatic carbocycles. The molecule has 33 heavy (non-hydrogen) atoms. The summed E-state index contributed by atoms with van der Waals surface area (Å²) in [5.41, 5.74) is 4.84. The molecule has 1 N–H and O–H groups in total. The number of hydrogen-bond acceptors (Lipinski definition) is 6. The molecule has 0 unspecified atom stereocenters. The fourth-order valence-corrected chi connectivity index (χ4v) is 5.98. The molecule has 0 saturated carbocycles. The van der Waals surface area contributed by atoms with Crippen LogP contribution < -0.4 is 14.9 Å². The number of nitrogens with one attached hydrogen (secondary N) is 1. The number of amides is 1. The van der Waals surface area contributed by atoms with Crippen molar-refractivity contribution in [2.45, 2.75) is 11.2 Å². The first-order valence-electron chi connectivity index (χ1n) is 10.4. The van der Waals surface area contributed by atoms with Crippen molar-refractivity contribution >= 4 is 35.6 Å². The van der Waals surface area contributed by atoms with E-state index in [-0.39, 0.29) is 24.9 Å². The van der Waals surface area contributed by atoms with Crippen molar-refractivity contribution in [1.82, 2.24) is 5.43 Å². The lowest BCUT2D eigenvalue weighted by Gasteiger charge is -2.10. The van der Waals surface area contributed by atoms with Gasteiger partial charge in [-0.2, -0.15) is 5.10 Å². The Balaban J connectivity index is 1.26. The number of benzene rings is 3. The summed E-state index contributed by atoms with van der Waals surface area (Å²) < 4.78 is 25.6. The summed E-state index contributed by atoms with van der Waals surface area (Å²) in [5, 5.41) is 3.99. The average molecular weight is 483 g/mol. The number of rotatable bonds is 9. The van der Waals surface area contributed by atoms with Gasteiger partial charge in [0.2, 0.25) is 0 Å². The van der Waals surface area contributed by atoms with Crippen LogP contribution in [0.5, 0.6) is 11.5 Å². The second-order valence-corrected chi connectivity index (χ2v) is 9.87. The number of carbonyl (C=O) groups is 1. The van der Waals surface area contributed by atoms with Crippen LogP contribution in [-0.2, 0) is 11.4 Å². The maximum Gasteiger partial charge on any atom is 0.277 e. The maximum absolute atomic E-state index is 13.8. The summed E-state index contributed by atoms with van der Waals surface area (Å²) >= 11 is 3.89. The molecule has 3 aromatic rings. The van der Waals surface area contributed by atoms with Crippen LogP contribution in [0.1, 0.15) is 21.3 Å². The van der Waals surface area contributed by atoms with E-state index in [1.54, 1.807) is 30.3 Å². The molecule has 0 radical (unpaired) electrons. The lowest BCUT2D eigenvalue weighted by Crippen LogP contribution is -2.24. The van der Waals surface area contributed by atoms with E-state index in [0.29, 0.717) is 27.2 Å². The molecule has 1 saturated heterocycles. The summed E-state index contributed by atoms with van der Waals surface area (Å²) in [6, 6.07) is 21.5. The molecule has 1 aliphatic rings. The highest BCUT2D eigenvalue weighted by Gasteiger charge is 2.18. The first kappa shape index (κ1) is 23.2. The van der Waals surface area contributed by atoms with Gasteiger partial charge in [0, 0.05) is 22.6 Å². The molecule has 1 aliphatic heterocycles. The number of halogens is 1. The van der Waals surface area contributed by atoms with Crippen molar-refractivity contribution in [3.05, 3.63) is 95.3 Å². The van der Waals surface area contributed by atoms with Gasteiger partial charge in [0.05, 0.1) is 10.8 Å². The van der Waals surface area contributed by atoms with Gasteiger partial charge in [-0.1, -0.05) is 42.5 Å². The van der Waals surface area contributed by atoms with Crippen LogP contribution in [-0.4, -0.2) is 30.2 Å². The first-order valence-corrected chi connectivity index (χ1v) is 12.5. The van der Waals surface area contributed by atoms with Crippen LogP contribution >= 0.6 is 23.5 Å². The topological polar surface area (TPSA) is 59.9 Å². The molecule has 4 rings (SSSR count). The van der Waals surface area contributed by atoms with Crippen molar-refractivity contribution in [2.24, 2.45) is 5.10 Å². The molecule has 1 fully saturated rings. The lowest BCUT2D eigenvalue weighted by atomic mass is 10.2. The molecule has 170 valence electrons. The summed E-state index contributed by atoms with van der Waals surface area (Å²) in [6.45, 7) is -0.0519. The van der Waals surface area contributed by atoms with Crippen molar-refractivity contribution in [3.8, 4) is 11.5 Å². The smallest absolute Gasteiger partial charge is 0.277 e. The highest BCUT2D eigenvalue weighted by Crippen LogP contribution is 2.45. The minimum Gasteiger partial charge on any atom is -0.488 e. The molecule has 0 aliphatic carbocycles. The number of hydrazone groups is 1. The quantitative estimate of drug-likeness (QED) is 0.326. The maximum atomic E-state index is 13.8. The third-order valence-electron chi connectivity index (χ3n) is 4.80. The predicted octanol–water partition coefficient (Wildman–Crippen LogP) is 5.41. The minimum atomic E-state index is -0.373. The van der Waals surface area contributed by atoms with Crippen LogP contribution in [0.25, 0.3) is 0 Å². The summed E-state index contributed by atoms with van der Waals surface area (Å²) in [5.74, 6) is 2.84. The van der Waals surface area contributed by atoms with Crippen LogP contribution in [0.15, 0.2) is 77.9 Å². The van der Waals surface area contributed by atoms with E-state index in [9.17, 15) is 9.18 Å². The molecule has 8 heteroatoms. The highest BCUT2D eigenvalue weighted by atomic mass is 32.2. The number of carbonyl (C=O) groups excluding carboxylic acids is 1. The Morgan fingerprint density at radius 1 is 1.00 bits per heavy atom. The number of nitrogens with zero attached hydrogens (tertiary/aromatic N) is 1. The zero-order chi connectivity index (χ0) is 22.9. The first-order chi connectivity index (χ1) is 16.2. The van der Waals surface area contributed by atoms with Gasteiger partial charge in [-0.25, -0.2) is 9.82 Å². The largest absolute Gasteiger partial charge is 0.488 e.